The molecule has 0 fully saturated rings. The maximum Gasteiger partial charge on any atom is 0.328 e. The van der Waals surface area contributed by atoms with Crippen molar-refractivity contribution in [2.75, 3.05) is 0 Å². The third-order valence-corrected chi connectivity index (χ3v) is 3.59. The Kier molecular flexibility index (Phi) is 2.75. The minimum absolute atomic E-state index is 0.619. The normalized spacial score (nSPS) is 11.3. The van der Waals surface area contributed by atoms with Crippen molar-refractivity contribution < 1.29 is 9.90 Å². The molecule has 0 spiro atoms. The minimum atomic E-state index is -0.969. The van der Waals surface area contributed by atoms with E-state index in [2.05, 4.69) is 0 Å². The summed E-state index contributed by atoms with van der Waals surface area (Å²) < 4.78 is 1.06. The van der Waals surface area contributed by atoms with Crippen molar-refractivity contribution in [2.24, 2.45) is 0 Å². The highest BCUT2D eigenvalue weighted by Crippen LogP contribution is 2.35. The van der Waals surface area contributed by atoms with Gasteiger partial charge in [0.15, 0.2) is 0 Å². The van der Waals surface area contributed by atoms with E-state index in [-0.39, 0.29) is 0 Å². The molecular weight excluding hydrogens is 232 g/mol. The summed E-state index contributed by atoms with van der Waals surface area (Å²) in [7, 11) is 0. The number of fused-ring (bicyclic) bond motifs is 1. The van der Waals surface area contributed by atoms with Crippen LogP contribution in [0.5, 0.6) is 0 Å². The van der Waals surface area contributed by atoms with E-state index in [1.165, 1.54) is 17.4 Å². The molecule has 0 saturated carbocycles. The van der Waals surface area contributed by atoms with E-state index in [1.807, 2.05) is 24.3 Å². The van der Waals surface area contributed by atoms with Crippen LogP contribution in [-0.4, -0.2) is 11.1 Å². The number of benzene rings is 1. The molecule has 76 valence electrons. The Hall–Kier alpha value is -1.32. The lowest BCUT2D eigenvalue weighted by molar-refractivity contribution is -0.131. The summed E-state index contributed by atoms with van der Waals surface area (Å²) in [4.78, 5) is 11.2. The van der Waals surface area contributed by atoms with Gasteiger partial charge >= 0.3 is 5.97 Å². The van der Waals surface area contributed by atoms with Crippen LogP contribution in [0.25, 0.3) is 16.2 Å². The molecule has 4 heteroatoms. The number of carboxylic acid groups (broad SMARTS) is 1. The second-order valence-corrected chi connectivity index (χ2v) is 4.41. The van der Waals surface area contributed by atoms with Gasteiger partial charge in [0.1, 0.15) is 0 Å². The zero-order valence-corrected chi connectivity index (χ0v) is 9.18. The lowest BCUT2D eigenvalue weighted by atomic mass is 10.2. The number of carboxylic acids is 1. The van der Waals surface area contributed by atoms with Gasteiger partial charge in [-0.2, -0.15) is 0 Å². The first kappa shape index (κ1) is 10.2. The molecule has 1 aromatic carbocycles. The predicted molar refractivity (Wildman–Crippen MR) is 63.5 cm³/mol. The molecule has 2 aromatic rings. The molecule has 1 aromatic heterocycles. The van der Waals surface area contributed by atoms with Crippen molar-refractivity contribution in [1.29, 1.82) is 0 Å². The molecular formula is C11H7ClO2S. The standard InChI is InChI=1S/C11H7ClO2S/c12-11-7-3-1-2-4-8(7)15-9(11)5-6-10(13)14/h1-6H,(H,13,14)/b6-5+. The number of rotatable bonds is 2. The number of hydrogen-bond acceptors (Lipinski definition) is 2. The fraction of sp³-hybridized carbons (Fsp3) is 0. The van der Waals surface area contributed by atoms with E-state index in [9.17, 15) is 4.79 Å². The third kappa shape index (κ3) is 2.03. The highest BCUT2D eigenvalue weighted by atomic mass is 35.5. The predicted octanol–water partition coefficient (Wildman–Crippen LogP) is 3.65. The molecule has 0 atom stereocenters. The monoisotopic (exact) mass is 238 g/mol. The lowest BCUT2D eigenvalue weighted by Crippen LogP contribution is -1.84. The number of thiophene rings is 1. The summed E-state index contributed by atoms with van der Waals surface area (Å²) in [5.41, 5.74) is 0. The molecule has 0 aliphatic rings. The van der Waals surface area contributed by atoms with Gasteiger partial charge in [-0.3, -0.25) is 0 Å². The highest BCUT2D eigenvalue weighted by molar-refractivity contribution is 7.20. The Morgan fingerprint density at radius 1 is 1.40 bits per heavy atom. The molecule has 0 radical (unpaired) electrons. The van der Waals surface area contributed by atoms with Gasteiger partial charge in [0.05, 0.1) is 5.02 Å². The van der Waals surface area contributed by atoms with Gasteiger partial charge in [-0.1, -0.05) is 29.8 Å². The van der Waals surface area contributed by atoms with E-state index >= 15 is 0 Å². The van der Waals surface area contributed by atoms with Crippen LogP contribution in [0.1, 0.15) is 4.88 Å². The Labute approximate surface area is 95.4 Å². The van der Waals surface area contributed by atoms with Crippen molar-refractivity contribution in [3.8, 4) is 0 Å². The molecule has 15 heavy (non-hydrogen) atoms. The Balaban J connectivity index is 2.53. The van der Waals surface area contributed by atoms with Gasteiger partial charge in [0.2, 0.25) is 0 Å². The second kappa shape index (κ2) is 4.04. The van der Waals surface area contributed by atoms with Gasteiger partial charge in [-0.15, -0.1) is 11.3 Å². The van der Waals surface area contributed by atoms with Crippen molar-refractivity contribution in [3.05, 3.63) is 40.2 Å². The maximum absolute atomic E-state index is 10.4. The molecule has 0 saturated heterocycles. The summed E-state index contributed by atoms with van der Waals surface area (Å²) in [5.74, 6) is -0.969. The van der Waals surface area contributed by atoms with Gasteiger partial charge in [-0.05, 0) is 12.1 Å². The first-order valence-corrected chi connectivity index (χ1v) is 5.46. The lowest BCUT2D eigenvalue weighted by Gasteiger charge is -1.87. The maximum atomic E-state index is 10.4. The zero-order chi connectivity index (χ0) is 10.8. The van der Waals surface area contributed by atoms with Crippen molar-refractivity contribution in [2.45, 2.75) is 0 Å². The van der Waals surface area contributed by atoms with Crippen LogP contribution < -0.4 is 0 Å². The smallest absolute Gasteiger partial charge is 0.328 e. The van der Waals surface area contributed by atoms with Crippen molar-refractivity contribution in [3.63, 3.8) is 0 Å². The van der Waals surface area contributed by atoms with Crippen molar-refractivity contribution in [1.82, 2.24) is 0 Å². The molecule has 0 bridgehead atoms. The SMILES string of the molecule is O=C(O)/C=C/c1sc2ccccc2c1Cl. The molecule has 0 aliphatic heterocycles. The van der Waals surface area contributed by atoms with Gasteiger partial charge in [0, 0.05) is 21.0 Å². The highest BCUT2D eigenvalue weighted by Gasteiger charge is 2.06. The number of hydrogen-bond donors (Lipinski definition) is 1. The van der Waals surface area contributed by atoms with Gasteiger partial charge in [0.25, 0.3) is 0 Å². The van der Waals surface area contributed by atoms with Crippen LogP contribution in [0.3, 0.4) is 0 Å². The van der Waals surface area contributed by atoms with Gasteiger partial charge < -0.3 is 5.11 Å². The molecule has 2 rings (SSSR count). The summed E-state index contributed by atoms with van der Waals surface area (Å²) >= 11 is 7.59. The first-order chi connectivity index (χ1) is 7.18. The van der Waals surface area contributed by atoms with E-state index in [4.69, 9.17) is 16.7 Å². The van der Waals surface area contributed by atoms with E-state index < -0.39 is 5.97 Å². The molecule has 0 unspecified atom stereocenters. The molecule has 1 N–H and O–H groups in total. The van der Waals surface area contributed by atoms with Crippen molar-refractivity contribution >= 4 is 45.1 Å². The van der Waals surface area contributed by atoms with E-state index in [0.717, 1.165) is 21.0 Å². The quantitative estimate of drug-likeness (QED) is 0.811. The van der Waals surface area contributed by atoms with Crippen LogP contribution in [0.2, 0.25) is 5.02 Å². The average molecular weight is 239 g/mol. The van der Waals surface area contributed by atoms with Crippen LogP contribution in [0.4, 0.5) is 0 Å². The fourth-order valence-electron chi connectivity index (χ4n) is 1.29. The summed E-state index contributed by atoms with van der Waals surface area (Å²) in [5, 5.41) is 10.1. The summed E-state index contributed by atoms with van der Waals surface area (Å²) in [6.07, 6.45) is 2.62. The second-order valence-electron chi connectivity index (χ2n) is 2.95. The zero-order valence-electron chi connectivity index (χ0n) is 7.61. The Bertz CT molecular complexity index is 543. The topological polar surface area (TPSA) is 37.3 Å². The van der Waals surface area contributed by atoms with Crippen LogP contribution >= 0.6 is 22.9 Å². The van der Waals surface area contributed by atoms with Crippen LogP contribution in [0, 0.1) is 0 Å². The van der Waals surface area contributed by atoms with Gasteiger partial charge in [-0.25, -0.2) is 4.79 Å². The van der Waals surface area contributed by atoms with Crippen LogP contribution in [-0.2, 0) is 4.79 Å². The molecule has 1 heterocycles. The Morgan fingerprint density at radius 3 is 2.80 bits per heavy atom. The Morgan fingerprint density at radius 2 is 2.13 bits per heavy atom. The summed E-state index contributed by atoms with van der Waals surface area (Å²) in [6.45, 7) is 0. The molecule has 0 amide bonds. The fourth-order valence-corrected chi connectivity index (χ4v) is 2.69. The molecule has 0 aliphatic carbocycles. The number of aliphatic carboxylic acids is 1. The van der Waals surface area contributed by atoms with E-state index in [0.29, 0.717) is 5.02 Å². The average Bonchev–Trinajstić information content (AvgIpc) is 2.54. The van der Waals surface area contributed by atoms with Crippen LogP contribution in [0.15, 0.2) is 30.3 Å². The summed E-state index contributed by atoms with van der Waals surface area (Å²) in [6, 6.07) is 7.72. The number of halogens is 1. The molecule has 2 nitrogen and oxygen atoms in total. The number of carbonyl (C=O) groups is 1. The first-order valence-electron chi connectivity index (χ1n) is 4.26. The third-order valence-electron chi connectivity index (χ3n) is 1.94. The largest absolute Gasteiger partial charge is 0.478 e. The van der Waals surface area contributed by atoms with E-state index in [1.54, 1.807) is 0 Å². The minimum Gasteiger partial charge on any atom is -0.478 e.